The van der Waals surface area contributed by atoms with Gasteiger partial charge in [-0.1, -0.05) is 89.1 Å². The van der Waals surface area contributed by atoms with Crippen LogP contribution in [-0.2, 0) is 9.47 Å². The molecule has 0 spiro atoms. The van der Waals surface area contributed by atoms with Crippen molar-refractivity contribution in [3.8, 4) is 0 Å². The maximum Gasteiger partial charge on any atom is 0.338 e. The van der Waals surface area contributed by atoms with Crippen LogP contribution in [0.5, 0.6) is 0 Å². The maximum atomic E-state index is 13.2. The van der Waals surface area contributed by atoms with Gasteiger partial charge < -0.3 is 9.47 Å². The molecule has 2 rings (SSSR count). The van der Waals surface area contributed by atoms with E-state index in [4.69, 9.17) is 9.47 Å². The van der Waals surface area contributed by atoms with Gasteiger partial charge in [-0.3, -0.25) is 0 Å². The molecular weight excluding hydrogens is 448 g/mol. The van der Waals surface area contributed by atoms with Gasteiger partial charge in [0.1, 0.15) is 12.2 Å². The Hall–Kier alpha value is -2.88. The first-order valence-electron chi connectivity index (χ1n) is 13.6. The van der Waals surface area contributed by atoms with E-state index in [1.807, 2.05) is 43.3 Å². The number of carbonyl (C=O) groups is 2. The van der Waals surface area contributed by atoms with E-state index in [0.717, 1.165) is 6.42 Å². The highest BCUT2D eigenvalue weighted by atomic mass is 16.6. The van der Waals surface area contributed by atoms with Gasteiger partial charge in [0.15, 0.2) is 0 Å². The molecule has 0 amide bonds. The fourth-order valence-electron chi connectivity index (χ4n) is 4.89. The van der Waals surface area contributed by atoms with Crippen molar-refractivity contribution in [3.05, 3.63) is 83.9 Å². The van der Waals surface area contributed by atoms with Gasteiger partial charge in [-0.05, 0) is 69.2 Å². The van der Waals surface area contributed by atoms with Crippen LogP contribution in [0.25, 0.3) is 0 Å². The number of hydrogen-bond acceptors (Lipinski definition) is 4. The summed E-state index contributed by atoms with van der Waals surface area (Å²) < 4.78 is 12.3. The van der Waals surface area contributed by atoms with Crippen LogP contribution >= 0.6 is 0 Å². The van der Waals surface area contributed by atoms with Gasteiger partial charge in [0, 0.05) is 5.41 Å². The molecule has 0 fully saturated rings. The van der Waals surface area contributed by atoms with E-state index in [9.17, 15) is 9.59 Å². The molecule has 196 valence electrons. The number of benzene rings is 2. The van der Waals surface area contributed by atoms with E-state index < -0.39 is 17.6 Å². The Bertz CT molecular complexity index is 931. The minimum atomic E-state index is -0.515. The van der Waals surface area contributed by atoms with Gasteiger partial charge >= 0.3 is 11.9 Å². The van der Waals surface area contributed by atoms with Gasteiger partial charge in [-0.25, -0.2) is 9.59 Å². The van der Waals surface area contributed by atoms with Crippen molar-refractivity contribution in [1.82, 2.24) is 0 Å². The smallest absolute Gasteiger partial charge is 0.338 e. The number of carbonyl (C=O) groups excluding carboxylic acids is 2. The predicted octanol–water partition coefficient (Wildman–Crippen LogP) is 8.43. The van der Waals surface area contributed by atoms with E-state index in [1.54, 1.807) is 24.3 Å². The quantitative estimate of drug-likeness (QED) is 0.142. The summed E-state index contributed by atoms with van der Waals surface area (Å²) in [5.41, 5.74) is 0.533. The highest BCUT2D eigenvalue weighted by Gasteiger charge is 2.45. The number of allylic oxidation sites excluding steroid dienone is 2. The molecule has 0 N–H and O–H groups in total. The number of hydrogen-bond donors (Lipinski definition) is 0. The molecule has 36 heavy (non-hydrogen) atoms. The molecule has 0 aromatic heterocycles. The Morgan fingerprint density at radius 3 is 1.83 bits per heavy atom. The lowest BCUT2D eigenvalue weighted by atomic mass is 9.70. The van der Waals surface area contributed by atoms with Crippen molar-refractivity contribution in [2.24, 2.45) is 11.3 Å². The molecule has 0 saturated carbocycles. The molecule has 0 bridgehead atoms. The first kappa shape index (κ1) is 29.4. The fourth-order valence-corrected chi connectivity index (χ4v) is 4.89. The first-order chi connectivity index (χ1) is 17.4. The minimum Gasteiger partial charge on any atom is -0.458 e. The van der Waals surface area contributed by atoms with Crippen molar-refractivity contribution in [3.63, 3.8) is 0 Å². The molecular formula is C32H44O4. The van der Waals surface area contributed by atoms with Crippen LogP contribution in [0.4, 0.5) is 0 Å². The van der Waals surface area contributed by atoms with E-state index in [2.05, 4.69) is 39.8 Å². The van der Waals surface area contributed by atoms with Crippen molar-refractivity contribution in [1.29, 1.82) is 0 Å². The summed E-state index contributed by atoms with van der Waals surface area (Å²) in [4.78, 5) is 26.1. The Morgan fingerprint density at radius 1 is 0.806 bits per heavy atom. The Balaban J connectivity index is 2.29. The lowest BCUT2D eigenvalue weighted by Crippen LogP contribution is -2.48. The molecule has 0 aliphatic carbocycles. The van der Waals surface area contributed by atoms with Crippen molar-refractivity contribution in [2.45, 2.75) is 91.8 Å². The zero-order chi connectivity index (χ0) is 26.4. The van der Waals surface area contributed by atoms with Gasteiger partial charge in [0.05, 0.1) is 11.1 Å². The molecule has 0 heterocycles. The molecule has 4 nitrogen and oxygen atoms in total. The van der Waals surface area contributed by atoms with Gasteiger partial charge in [-0.2, -0.15) is 0 Å². The van der Waals surface area contributed by atoms with Crippen LogP contribution < -0.4 is 0 Å². The molecule has 0 radical (unpaired) electrons. The molecule has 0 aliphatic rings. The van der Waals surface area contributed by atoms with Crippen molar-refractivity contribution in [2.75, 3.05) is 0 Å². The van der Waals surface area contributed by atoms with Crippen LogP contribution in [0.2, 0.25) is 0 Å². The van der Waals surface area contributed by atoms with Gasteiger partial charge in [-0.15, -0.1) is 0 Å². The summed E-state index contributed by atoms with van der Waals surface area (Å²) in [6, 6.07) is 18.1. The second kappa shape index (κ2) is 15.3. The highest BCUT2D eigenvalue weighted by molar-refractivity contribution is 5.90. The van der Waals surface area contributed by atoms with Crippen molar-refractivity contribution >= 4 is 11.9 Å². The summed E-state index contributed by atoms with van der Waals surface area (Å²) in [5.74, 6) is -0.478. The molecule has 0 saturated heterocycles. The van der Waals surface area contributed by atoms with Crippen LogP contribution in [0.1, 0.15) is 100 Å². The number of unbranched alkanes of at least 4 members (excludes halogenated alkanes) is 3. The second-order valence-corrected chi connectivity index (χ2v) is 9.75. The third kappa shape index (κ3) is 8.36. The lowest BCUT2D eigenvalue weighted by molar-refractivity contribution is -0.0920. The second-order valence-electron chi connectivity index (χ2n) is 9.75. The van der Waals surface area contributed by atoms with Crippen LogP contribution in [0, 0.1) is 11.3 Å². The average molecular weight is 493 g/mol. The molecule has 2 aromatic rings. The molecule has 2 aromatic carbocycles. The fraction of sp³-hybridized carbons (Fsp3) is 0.500. The van der Waals surface area contributed by atoms with Gasteiger partial charge in [0.2, 0.25) is 0 Å². The summed E-state index contributed by atoms with van der Waals surface area (Å²) in [7, 11) is 0. The minimum absolute atomic E-state index is 0.217. The molecule has 0 aliphatic heterocycles. The molecule has 3 unspecified atom stereocenters. The zero-order valence-electron chi connectivity index (χ0n) is 22.7. The third-order valence-corrected chi connectivity index (χ3v) is 7.34. The SMILES string of the molecule is CCCCCC=CC(C)CC(OC(=O)c1ccccc1)C(CC)(CC)C(C)OC(=O)c1ccccc1. The van der Waals surface area contributed by atoms with Crippen LogP contribution in [-0.4, -0.2) is 24.1 Å². The monoisotopic (exact) mass is 492 g/mol. The first-order valence-corrected chi connectivity index (χ1v) is 13.6. The summed E-state index contributed by atoms with van der Waals surface area (Å²) in [5, 5.41) is 0. The molecule has 4 heteroatoms. The normalized spacial score (nSPS) is 14.2. The van der Waals surface area contributed by atoms with Crippen LogP contribution in [0.15, 0.2) is 72.8 Å². The summed E-state index contributed by atoms with van der Waals surface area (Å²) in [6.07, 6.45) is 10.4. The van der Waals surface area contributed by atoms with Crippen LogP contribution in [0.3, 0.4) is 0 Å². The van der Waals surface area contributed by atoms with E-state index >= 15 is 0 Å². The van der Waals surface area contributed by atoms with E-state index in [-0.39, 0.29) is 17.9 Å². The molecule has 3 atom stereocenters. The Kier molecular flexibility index (Phi) is 12.5. The highest BCUT2D eigenvalue weighted by Crippen LogP contribution is 2.41. The summed E-state index contributed by atoms with van der Waals surface area (Å²) in [6.45, 7) is 10.5. The Morgan fingerprint density at radius 2 is 1.33 bits per heavy atom. The van der Waals surface area contributed by atoms with E-state index in [1.165, 1.54) is 19.3 Å². The zero-order valence-corrected chi connectivity index (χ0v) is 22.7. The van der Waals surface area contributed by atoms with E-state index in [0.29, 0.717) is 30.4 Å². The topological polar surface area (TPSA) is 52.6 Å². The third-order valence-electron chi connectivity index (χ3n) is 7.34. The number of ether oxygens (including phenoxy) is 2. The average Bonchev–Trinajstić information content (AvgIpc) is 2.90. The predicted molar refractivity (Wildman–Crippen MR) is 147 cm³/mol. The summed E-state index contributed by atoms with van der Waals surface area (Å²) >= 11 is 0. The van der Waals surface area contributed by atoms with Crippen molar-refractivity contribution < 1.29 is 19.1 Å². The standard InChI is InChI=1S/C32H44O4/c1-6-9-10-11-14-19-25(4)24-29(36-31(34)28-22-17-13-18-23-28)32(7-2,8-3)26(5)35-30(33)27-20-15-12-16-21-27/h12-23,25-26,29H,6-11,24H2,1-5H3. The Labute approximate surface area is 218 Å². The largest absolute Gasteiger partial charge is 0.458 e. The maximum absolute atomic E-state index is 13.2. The van der Waals surface area contributed by atoms with Gasteiger partial charge in [0.25, 0.3) is 0 Å². The lowest BCUT2D eigenvalue weighted by Gasteiger charge is -2.43. The number of esters is 2. The number of rotatable bonds is 15.